The molecule has 0 aromatic carbocycles. The Bertz CT molecular complexity index is 400. The fraction of sp³-hybridized carbons (Fsp3) is 0.583. The number of aliphatic carboxylic acids is 1. The Labute approximate surface area is 99.9 Å². The summed E-state index contributed by atoms with van der Waals surface area (Å²) in [6.45, 7) is 1.86. The number of carboxylic acid groups (broad SMARTS) is 1. The van der Waals surface area contributed by atoms with Crippen LogP contribution in [0.2, 0.25) is 0 Å². The van der Waals surface area contributed by atoms with Crippen molar-refractivity contribution in [1.29, 1.82) is 0 Å². The molecule has 0 saturated heterocycles. The van der Waals surface area contributed by atoms with Crippen LogP contribution in [0.25, 0.3) is 0 Å². The first-order chi connectivity index (χ1) is 8.15. The van der Waals surface area contributed by atoms with Crippen LogP contribution >= 0.6 is 0 Å². The number of carboxylic acids is 1. The maximum atomic E-state index is 10.8. The Balaban J connectivity index is 1.88. The smallest absolute Gasteiger partial charge is 0.306 e. The van der Waals surface area contributed by atoms with E-state index in [1.807, 2.05) is 6.92 Å². The van der Waals surface area contributed by atoms with E-state index in [9.17, 15) is 4.79 Å². The van der Waals surface area contributed by atoms with Crippen molar-refractivity contribution in [1.82, 2.24) is 9.97 Å². The number of hydrogen-bond acceptors (Lipinski definition) is 4. The molecule has 5 heteroatoms. The lowest BCUT2D eigenvalue weighted by Crippen LogP contribution is -2.28. The van der Waals surface area contributed by atoms with Gasteiger partial charge in [-0.25, -0.2) is 4.98 Å². The number of carbonyl (C=O) groups is 1. The molecule has 0 bridgehead atoms. The summed E-state index contributed by atoms with van der Waals surface area (Å²) in [5.74, 6) is -0.374. The molecule has 1 aliphatic carbocycles. The second kappa shape index (κ2) is 5.12. The van der Waals surface area contributed by atoms with E-state index in [1.165, 1.54) is 0 Å². The van der Waals surface area contributed by atoms with E-state index in [0.29, 0.717) is 18.7 Å². The third-order valence-electron chi connectivity index (χ3n) is 3.04. The second-order valence-electron chi connectivity index (χ2n) is 4.43. The van der Waals surface area contributed by atoms with Gasteiger partial charge in [-0.15, -0.1) is 0 Å². The Morgan fingerprint density at radius 1 is 1.35 bits per heavy atom. The van der Waals surface area contributed by atoms with Crippen molar-refractivity contribution < 1.29 is 14.6 Å². The van der Waals surface area contributed by atoms with Crippen molar-refractivity contribution >= 4 is 5.97 Å². The van der Waals surface area contributed by atoms with Gasteiger partial charge in [-0.3, -0.25) is 9.78 Å². The molecule has 0 radical (unpaired) electrons. The Morgan fingerprint density at radius 2 is 2.06 bits per heavy atom. The first-order valence-corrected chi connectivity index (χ1v) is 5.83. The molecule has 92 valence electrons. The van der Waals surface area contributed by atoms with Crippen molar-refractivity contribution in [3.63, 3.8) is 0 Å². The average Bonchev–Trinajstić information content (AvgIpc) is 2.29. The Hall–Kier alpha value is -1.65. The van der Waals surface area contributed by atoms with E-state index in [2.05, 4.69) is 9.97 Å². The van der Waals surface area contributed by atoms with Gasteiger partial charge in [0.15, 0.2) is 0 Å². The van der Waals surface area contributed by atoms with Crippen LogP contribution in [-0.4, -0.2) is 27.1 Å². The normalized spacial score (nSPS) is 24.3. The molecule has 5 nitrogen and oxygen atoms in total. The van der Waals surface area contributed by atoms with Crippen LogP contribution in [0.3, 0.4) is 0 Å². The van der Waals surface area contributed by atoms with E-state index in [0.717, 1.165) is 18.5 Å². The molecule has 1 aromatic rings. The molecular weight excluding hydrogens is 220 g/mol. The predicted molar refractivity (Wildman–Crippen MR) is 60.8 cm³/mol. The van der Waals surface area contributed by atoms with Gasteiger partial charge in [0.2, 0.25) is 5.88 Å². The van der Waals surface area contributed by atoms with Crippen LogP contribution in [0.1, 0.15) is 31.4 Å². The first-order valence-electron chi connectivity index (χ1n) is 5.83. The number of nitrogens with zero attached hydrogens (tertiary/aromatic N) is 2. The molecule has 1 saturated carbocycles. The van der Waals surface area contributed by atoms with Gasteiger partial charge in [-0.1, -0.05) is 0 Å². The van der Waals surface area contributed by atoms with Crippen molar-refractivity contribution in [2.45, 2.75) is 38.7 Å². The van der Waals surface area contributed by atoms with E-state index in [1.54, 1.807) is 12.4 Å². The van der Waals surface area contributed by atoms with E-state index >= 15 is 0 Å². The SMILES string of the molecule is Cc1cncc(OC2CCC(C(=O)O)CC2)n1. The molecule has 0 aliphatic heterocycles. The minimum atomic E-state index is -0.696. The molecule has 0 unspecified atom stereocenters. The highest BCUT2D eigenvalue weighted by Gasteiger charge is 2.27. The zero-order valence-electron chi connectivity index (χ0n) is 9.80. The largest absolute Gasteiger partial charge is 0.481 e. The van der Waals surface area contributed by atoms with Gasteiger partial charge in [0.25, 0.3) is 0 Å². The van der Waals surface area contributed by atoms with Crippen molar-refractivity contribution in [2.24, 2.45) is 5.92 Å². The average molecular weight is 236 g/mol. The number of aryl methyl sites for hydroxylation is 1. The highest BCUT2D eigenvalue weighted by atomic mass is 16.5. The van der Waals surface area contributed by atoms with Crippen LogP contribution < -0.4 is 4.74 Å². The molecule has 1 aliphatic rings. The van der Waals surface area contributed by atoms with Crippen LogP contribution in [0.15, 0.2) is 12.4 Å². The van der Waals surface area contributed by atoms with Gasteiger partial charge in [0.1, 0.15) is 6.10 Å². The van der Waals surface area contributed by atoms with E-state index in [4.69, 9.17) is 9.84 Å². The van der Waals surface area contributed by atoms with Crippen molar-refractivity contribution in [2.75, 3.05) is 0 Å². The van der Waals surface area contributed by atoms with Gasteiger partial charge >= 0.3 is 5.97 Å². The van der Waals surface area contributed by atoms with Crippen molar-refractivity contribution in [3.05, 3.63) is 18.1 Å². The molecule has 2 rings (SSSR count). The van der Waals surface area contributed by atoms with Crippen LogP contribution in [0, 0.1) is 12.8 Å². The molecule has 17 heavy (non-hydrogen) atoms. The summed E-state index contributed by atoms with van der Waals surface area (Å²) in [6.07, 6.45) is 6.24. The molecule has 1 aromatic heterocycles. The molecule has 1 heterocycles. The van der Waals surface area contributed by atoms with Crippen LogP contribution in [-0.2, 0) is 4.79 Å². The van der Waals surface area contributed by atoms with Gasteiger partial charge in [0.05, 0.1) is 17.8 Å². The molecule has 0 spiro atoms. The van der Waals surface area contributed by atoms with Gasteiger partial charge in [0, 0.05) is 6.20 Å². The second-order valence-corrected chi connectivity index (χ2v) is 4.43. The topological polar surface area (TPSA) is 72.3 Å². The Kier molecular flexibility index (Phi) is 3.56. The lowest BCUT2D eigenvalue weighted by molar-refractivity contribution is -0.143. The fourth-order valence-electron chi connectivity index (χ4n) is 2.10. The van der Waals surface area contributed by atoms with Gasteiger partial charge < -0.3 is 9.84 Å². The standard InChI is InChI=1S/C12H16N2O3/c1-8-6-13-7-11(14-8)17-10-4-2-9(3-5-10)12(15)16/h6-7,9-10H,2-5H2,1H3,(H,15,16). The number of rotatable bonds is 3. The number of hydrogen-bond donors (Lipinski definition) is 1. The van der Waals surface area contributed by atoms with Crippen LogP contribution in [0.4, 0.5) is 0 Å². The lowest BCUT2D eigenvalue weighted by Gasteiger charge is -2.26. The minimum absolute atomic E-state index is 0.0710. The highest BCUT2D eigenvalue weighted by Crippen LogP contribution is 2.27. The predicted octanol–water partition coefficient (Wildman–Crippen LogP) is 1.81. The highest BCUT2D eigenvalue weighted by molar-refractivity contribution is 5.70. The summed E-state index contributed by atoms with van der Waals surface area (Å²) in [5.41, 5.74) is 0.821. The van der Waals surface area contributed by atoms with Gasteiger partial charge in [-0.05, 0) is 32.6 Å². The number of aromatic nitrogens is 2. The molecular formula is C12H16N2O3. The summed E-state index contributed by atoms with van der Waals surface area (Å²) in [7, 11) is 0. The van der Waals surface area contributed by atoms with Gasteiger partial charge in [-0.2, -0.15) is 0 Å². The molecule has 0 amide bonds. The summed E-state index contributed by atoms with van der Waals surface area (Å²) in [4.78, 5) is 19.0. The first kappa shape index (κ1) is 11.8. The van der Waals surface area contributed by atoms with Crippen molar-refractivity contribution in [3.8, 4) is 5.88 Å². The van der Waals surface area contributed by atoms with Crippen LogP contribution in [0.5, 0.6) is 5.88 Å². The third kappa shape index (κ3) is 3.15. The quantitative estimate of drug-likeness (QED) is 0.866. The Morgan fingerprint density at radius 3 is 2.65 bits per heavy atom. The maximum Gasteiger partial charge on any atom is 0.306 e. The van der Waals surface area contributed by atoms with E-state index in [-0.39, 0.29) is 12.0 Å². The molecule has 1 N–H and O–H groups in total. The summed E-state index contributed by atoms with van der Waals surface area (Å²) < 4.78 is 5.70. The fourth-order valence-corrected chi connectivity index (χ4v) is 2.10. The summed E-state index contributed by atoms with van der Waals surface area (Å²) >= 11 is 0. The molecule has 1 fully saturated rings. The maximum absolute atomic E-state index is 10.8. The number of ether oxygens (including phenoxy) is 1. The lowest BCUT2D eigenvalue weighted by atomic mass is 9.87. The summed E-state index contributed by atoms with van der Waals surface area (Å²) in [6, 6.07) is 0. The third-order valence-corrected chi connectivity index (χ3v) is 3.04. The molecule has 0 atom stereocenters. The zero-order valence-corrected chi connectivity index (χ0v) is 9.80. The monoisotopic (exact) mass is 236 g/mol. The zero-order chi connectivity index (χ0) is 12.3. The minimum Gasteiger partial charge on any atom is -0.481 e. The van der Waals surface area contributed by atoms with E-state index < -0.39 is 5.97 Å². The summed E-state index contributed by atoms with van der Waals surface area (Å²) in [5, 5.41) is 8.89.